The van der Waals surface area contributed by atoms with E-state index in [1.54, 1.807) is 30.5 Å². The maximum absolute atomic E-state index is 5.88. The summed E-state index contributed by atoms with van der Waals surface area (Å²) < 4.78 is 10.4. The Morgan fingerprint density at radius 1 is 1.30 bits per heavy atom. The van der Waals surface area contributed by atoms with Crippen LogP contribution in [0.1, 0.15) is 5.89 Å². The maximum atomic E-state index is 5.88. The molecule has 2 N–H and O–H groups in total. The molecule has 0 amide bonds. The van der Waals surface area contributed by atoms with Crippen LogP contribution in [0.5, 0.6) is 0 Å². The number of furan rings is 1. The SMILES string of the molecule is Nc1cc(Cl)ccc1SCc1nc(-c2ccco2)no1. The molecule has 0 fully saturated rings. The summed E-state index contributed by atoms with van der Waals surface area (Å²) in [6, 6.07) is 8.92. The molecule has 20 heavy (non-hydrogen) atoms. The smallest absolute Gasteiger partial charge is 0.238 e. The summed E-state index contributed by atoms with van der Waals surface area (Å²) in [4.78, 5) is 5.18. The van der Waals surface area contributed by atoms with Crippen molar-refractivity contribution in [2.45, 2.75) is 10.6 Å². The zero-order valence-corrected chi connectivity index (χ0v) is 11.8. The predicted molar refractivity (Wildman–Crippen MR) is 77.4 cm³/mol. The number of nitrogens with two attached hydrogens (primary N) is 1. The Kier molecular flexibility index (Phi) is 3.66. The molecule has 0 aliphatic rings. The van der Waals surface area contributed by atoms with E-state index in [9.17, 15) is 0 Å². The number of nitrogens with zero attached hydrogens (tertiary/aromatic N) is 2. The normalized spacial score (nSPS) is 10.8. The molecule has 3 aromatic rings. The lowest BCUT2D eigenvalue weighted by atomic mass is 10.3. The van der Waals surface area contributed by atoms with Gasteiger partial charge in [-0.25, -0.2) is 0 Å². The summed E-state index contributed by atoms with van der Waals surface area (Å²) in [6.45, 7) is 0. The number of rotatable bonds is 4. The molecule has 0 aliphatic carbocycles. The summed E-state index contributed by atoms with van der Waals surface area (Å²) in [7, 11) is 0. The van der Waals surface area contributed by atoms with Crippen LogP contribution < -0.4 is 5.73 Å². The molecule has 2 heterocycles. The van der Waals surface area contributed by atoms with Crippen LogP contribution in [-0.2, 0) is 5.75 Å². The van der Waals surface area contributed by atoms with Gasteiger partial charge in [-0.1, -0.05) is 16.8 Å². The lowest BCUT2D eigenvalue weighted by Gasteiger charge is -2.03. The minimum absolute atomic E-state index is 0.440. The standard InChI is InChI=1S/C13H10ClN3O2S/c14-8-3-4-11(9(15)6-8)20-7-12-16-13(17-19-12)10-2-1-5-18-10/h1-6H,7,15H2. The number of benzene rings is 1. The van der Waals surface area contributed by atoms with Crippen LogP contribution in [-0.4, -0.2) is 10.1 Å². The minimum atomic E-state index is 0.440. The Morgan fingerprint density at radius 2 is 2.20 bits per heavy atom. The van der Waals surface area contributed by atoms with Crippen LogP contribution >= 0.6 is 23.4 Å². The summed E-state index contributed by atoms with van der Waals surface area (Å²) in [5, 5.41) is 4.48. The van der Waals surface area contributed by atoms with Crippen molar-refractivity contribution in [1.29, 1.82) is 0 Å². The second-order valence-corrected chi connectivity index (χ2v) is 5.41. The van der Waals surface area contributed by atoms with Gasteiger partial charge in [-0.05, 0) is 30.3 Å². The third kappa shape index (κ3) is 2.81. The van der Waals surface area contributed by atoms with Crippen molar-refractivity contribution in [2.24, 2.45) is 0 Å². The molecular weight excluding hydrogens is 298 g/mol. The molecular formula is C13H10ClN3O2S. The van der Waals surface area contributed by atoms with Crippen LogP contribution in [0.4, 0.5) is 5.69 Å². The Morgan fingerprint density at radius 3 is 2.95 bits per heavy atom. The van der Waals surface area contributed by atoms with Crippen LogP contribution in [0.2, 0.25) is 5.02 Å². The first-order valence-electron chi connectivity index (χ1n) is 5.76. The Labute approximate surface area is 124 Å². The quantitative estimate of drug-likeness (QED) is 0.582. The van der Waals surface area contributed by atoms with Gasteiger partial charge in [0, 0.05) is 15.6 Å². The Bertz CT molecular complexity index is 712. The maximum Gasteiger partial charge on any atom is 0.238 e. The average Bonchev–Trinajstić information content (AvgIpc) is 3.08. The van der Waals surface area contributed by atoms with Gasteiger partial charge in [0.2, 0.25) is 11.7 Å². The molecule has 0 unspecified atom stereocenters. The summed E-state index contributed by atoms with van der Waals surface area (Å²) in [6.07, 6.45) is 1.56. The zero-order chi connectivity index (χ0) is 13.9. The van der Waals surface area contributed by atoms with Crippen molar-refractivity contribution in [2.75, 3.05) is 5.73 Å². The van der Waals surface area contributed by atoms with Gasteiger partial charge in [-0.15, -0.1) is 11.8 Å². The average molecular weight is 308 g/mol. The molecule has 5 nitrogen and oxygen atoms in total. The van der Waals surface area contributed by atoms with E-state index in [4.69, 9.17) is 26.3 Å². The van der Waals surface area contributed by atoms with Crippen molar-refractivity contribution in [1.82, 2.24) is 10.1 Å². The summed E-state index contributed by atoms with van der Waals surface area (Å²) >= 11 is 7.36. The number of aromatic nitrogens is 2. The van der Waals surface area contributed by atoms with Gasteiger partial charge in [-0.3, -0.25) is 0 Å². The fourth-order valence-electron chi connectivity index (χ4n) is 1.61. The Hall–Kier alpha value is -1.92. The van der Waals surface area contributed by atoms with Crippen molar-refractivity contribution < 1.29 is 8.94 Å². The fraction of sp³-hybridized carbons (Fsp3) is 0.0769. The second kappa shape index (κ2) is 5.60. The second-order valence-electron chi connectivity index (χ2n) is 3.96. The number of nitrogen functional groups attached to an aromatic ring is 1. The molecule has 0 bridgehead atoms. The molecule has 3 rings (SSSR count). The third-order valence-electron chi connectivity index (χ3n) is 2.53. The topological polar surface area (TPSA) is 78.1 Å². The van der Waals surface area contributed by atoms with Crippen LogP contribution in [0.25, 0.3) is 11.6 Å². The van der Waals surface area contributed by atoms with Gasteiger partial charge >= 0.3 is 0 Å². The van der Waals surface area contributed by atoms with E-state index < -0.39 is 0 Å². The largest absolute Gasteiger partial charge is 0.461 e. The van der Waals surface area contributed by atoms with E-state index in [2.05, 4.69) is 10.1 Å². The molecule has 102 valence electrons. The highest BCUT2D eigenvalue weighted by molar-refractivity contribution is 7.98. The molecule has 1 aromatic carbocycles. The lowest BCUT2D eigenvalue weighted by Crippen LogP contribution is -1.89. The highest BCUT2D eigenvalue weighted by Crippen LogP contribution is 2.30. The molecule has 0 saturated carbocycles. The first kappa shape index (κ1) is 13.1. The van der Waals surface area contributed by atoms with E-state index >= 15 is 0 Å². The zero-order valence-electron chi connectivity index (χ0n) is 10.2. The highest BCUT2D eigenvalue weighted by atomic mass is 35.5. The molecule has 0 spiro atoms. The molecule has 0 saturated heterocycles. The van der Waals surface area contributed by atoms with Crippen molar-refractivity contribution >= 4 is 29.1 Å². The van der Waals surface area contributed by atoms with E-state index in [1.807, 2.05) is 6.07 Å². The number of hydrogen-bond donors (Lipinski definition) is 1. The third-order valence-corrected chi connectivity index (χ3v) is 3.84. The summed E-state index contributed by atoms with van der Waals surface area (Å²) in [5.74, 6) is 2.06. The van der Waals surface area contributed by atoms with Gasteiger partial charge < -0.3 is 14.7 Å². The van der Waals surface area contributed by atoms with Crippen molar-refractivity contribution in [3.8, 4) is 11.6 Å². The number of halogens is 1. The summed E-state index contributed by atoms with van der Waals surface area (Å²) in [5.41, 5.74) is 6.51. The predicted octanol–water partition coefficient (Wildman–Crippen LogP) is 3.86. The highest BCUT2D eigenvalue weighted by Gasteiger charge is 2.11. The monoisotopic (exact) mass is 307 g/mol. The Balaban J connectivity index is 1.70. The van der Waals surface area contributed by atoms with Gasteiger partial charge in [0.25, 0.3) is 0 Å². The van der Waals surface area contributed by atoms with Gasteiger partial charge in [0.15, 0.2) is 5.76 Å². The van der Waals surface area contributed by atoms with Crippen LogP contribution in [0.15, 0.2) is 50.4 Å². The van der Waals surface area contributed by atoms with E-state index in [0.717, 1.165) is 4.90 Å². The lowest BCUT2D eigenvalue weighted by molar-refractivity contribution is 0.390. The fourth-order valence-corrected chi connectivity index (χ4v) is 2.58. The van der Waals surface area contributed by atoms with Gasteiger partial charge in [-0.2, -0.15) is 4.98 Å². The first-order chi connectivity index (χ1) is 9.72. The van der Waals surface area contributed by atoms with E-state index in [1.165, 1.54) is 11.8 Å². The van der Waals surface area contributed by atoms with Crippen molar-refractivity contribution in [3.63, 3.8) is 0 Å². The van der Waals surface area contributed by atoms with E-state index in [0.29, 0.717) is 33.9 Å². The van der Waals surface area contributed by atoms with Crippen molar-refractivity contribution in [3.05, 3.63) is 47.5 Å². The number of thioether (sulfide) groups is 1. The van der Waals surface area contributed by atoms with E-state index in [-0.39, 0.29) is 0 Å². The van der Waals surface area contributed by atoms with Crippen LogP contribution in [0.3, 0.4) is 0 Å². The molecule has 2 aromatic heterocycles. The van der Waals surface area contributed by atoms with Gasteiger partial charge in [0.1, 0.15) is 0 Å². The van der Waals surface area contributed by atoms with Gasteiger partial charge in [0.05, 0.1) is 12.0 Å². The van der Waals surface area contributed by atoms with Crippen LogP contribution in [0, 0.1) is 0 Å². The molecule has 0 aliphatic heterocycles. The first-order valence-corrected chi connectivity index (χ1v) is 7.13. The molecule has 0 atom stereocenters. The molecule has 7 heteroatoms. The number of anilines is 1. The number of hydrogen-bond acceptors (Lipinski definition) is 6. The molecule has 0 radical (unpaired) electrons. The minimum Gasteiger partial charge on any atom is -0.461 e.